The standard InChI is InChI=1S/C21H22F3N3O5S/c1-25-20(28)16-4-2-3-15(13-16)14-31-26-17-9-11-27(12-10-17)33(29,30)19-7-5-18(6-8-19)32-21(22,23)24/h2-9,13,26H,10-12,14H2,1H3,(H,25,28). The third kappa shape index (κ3) is 6.70. The maximum absolute atomic E-state index is 12.8. The van der Waals surface area contributed by atoms with E-state index < -0.39 is 22.1 Å². The molecule has 0 atom stereocenters. The van der Waals surface area contributed by atoms with Gasteiger partial charge in [0.05, 0.1) is 11.5 Å². The Hall–Kier alpha value is -3.09. The molecule has 1 aliphatic rings. The number of carbonyl (C=O) groups excluding carboxylic acids is 1. The predicted octanol–water partition coefficient (Wildman–Crippen LogP) is 2.94. The highest BCUT2D eigenvalue weighted by molar-refractivity contribution is 7.89. The molecular weight excluding hydrogens is 463 g/mol. The third-order valence-corrected chi connectivity index (χ3v) is 6.60. The lowest BCUT2D eigenvalue weighted by molar-refractivity contribution is -0.274. The van der Waals surface area contributed by atoms with Gasteiger partial charge in [0.2, 0.25) is 10.0 Å². The van der Waals surface area contributed by atoms with Gasteiger partial charge in [0, 0.05) is 37.8 Å². The van der Waals surface area contributed by atoms with E-state index in [0.29, 0.717) is 17.7 Å². The normalized spacial score (nSPS) is 15.0. The molecule has 0 unspecified atom stereocenters. The van der Waals surface area contributed by atoms with E-state index in [1.165, 1.54) is 4.31 Å². The molecular formula is C21H22F3N3O5S. The van der Waals surface area contributed by atoms with Crippen molar-refractivity contribution in [3.8, 4) is 5.75 Å². The molecule has 3 rings (SSSR count). The first kappa shape index (κ1) is 24.6. The van der Waals surface area contributed by atoms with Crippen molar-refractivity contribution in [2.45, 2.75) is 24.3 Å². The van der Waals surface area contributed by atoms with Gasteiger partial charge < -0.3 is 10.1 Å². The SMILES string of the molecule is CNC(=O)c1cccc(CONC2=CCN(S(=O)(=O)c3ccc(OC(F)(F)F)cc3)CC2)c1. The zero-order valence-corrected chi connectivity index (χ0v) is 18.4. The summed E-state index contributed by atoms with van der Waals surface area (Å²) >= 11 is 0. The first-order valence-corrected chi connectivity index (χ1v) is 11.3. The van der Waals surface area contributed by atoms with Crippen LogP contribution in [-0.4, -0.2) is 45.1 Å². The first-order valence-electron chi connectivity index (χ1n) is 9.82. The van der Waals surface area contributed by atoms with E-state index in [1.807, 2.05) is 6.07 Å². The van der Waals surface area contributed by atoms with Crippen LogP contribution in [0.25, 0.3) is 0 Å². The van der Waals surface area contributed by atoms with Crippen LogP contribution in [0.15, 0.2) is 65.2 Å². The van der Waals surface area contributed by atoms with Crippen LogP contribution in [0, 0.1) is 0 Å². The van der Waals surface area contributed by atoms with Crippen molar-refractivity contribution >= 4 is 15.9 Å². The first-order chi connectivity index (χ1) is 15.6. The third-order valence-electron chi connectivity index (χ3n) is 4.73. The number of hydrogen-bond donors (Lipinski definition) is 2. The molecule has 0 saturated carbocycles. The van der Waals surface area contributed by atoms with E-state index in [-0.39, 0.29) is 30.5 Å². The number of amides is 1. The van der Waals surface area contributed by atoms with E-state index >= 15 is 0 Å². The summed E-state index contributed by atoms with van der Waals surface area (Å²) in [6.07, 6.45) is -2.84. The number of hydroxylamine groups is 1. The highest BCUT2D eigenvalue weighted by atomic mass is 32.2. The summed E-state index contributed by atoms with van der Waals surface area (Å²) in [5, 5.41) is 2.55. The second-order valence-electron chi connectivity index (χ2n) is 7.03. The molecule has 2 aromatic carbocycles. The largest absolute Gasteiger partial charge is 0.573 e. The second kappa shape index (κ2) is 10.2. The zero-order valence-electron chi connectivity index (χ0n) is 17.6. The fourth-order valence-corrected chi connectivity index (χ4v) is 4.46. The maximum atomic E-state index is 12.8. The predicted molar refractivity (Wildman–Crippen MR) is 112 cm³/mol. The average molecular weight is 485 g/mol. The minimum Gasteiger partial charge on any atom is -0.406 e. The Morgan fingerprint density at radius 2 is 1.88 bits per heavy atom. The molecule has 8 nitrogen and oxygen atoms in total. The van der Waals surface area contributed by atoms with Gasteiger partial charge in [0.15, 0.2) is 0 Å². The van der Waals surface area contributed by atoms with E-state index in [4.69, 9.17) is 4.84 Å². The van der Waals surface area contributed by atoms with Gasteiger partial charge in [-0.15, -0.1) is 13.2 Å². The van der Waals surface area contributed by atoms with Gasteiger partial charge in [-0.1, -0.05) is 12.1 Å². The van der Waals surface area contributed by atoms with E-state index in [2.05, 4.69) is 15.5 Å². The quantitative estimate of drug-likeness (QED) is 0.558. The van der Waals surface area contributed by atoms with Crippen molar-refractivity contribution in [3.05, 3.63) is 71.4 Å². The zero-order chi connectivity index (χ0) is 24.1. The summed E-state index contributed by atoms with van der Waals surface area (Å²) < 4.78 is 67.3. The van der Waals surface area contributed by atoms with Crippen molar-refractivity contribution in [2.24, 2.45) is 0 Å². The smallest absolute Gasteiger partial charge is 0.406 e. The molecule has 0 spiro atoms. The second-order valence-corrected chi connectivity index (χ2v) is 8.97. The summed E-state index contributed by atoms with van der Waals surface area (Å²) in [6, 6.07) is 11.0. The number of nitrogens with zero attached hydrogens (tertiary/aromatic N) is 1. The summed E-state index contributed by atoms with van der Waals surface area (Å²) in [5.74, 6) is -0.701. The fraction of sp³-hybridized carbons (Fsp3) is 0.286. The minimum atomic E-state index is -4.85. The molecule has 33 heavy (non-hydrogen) atoms. The molecule has 1 amide bonds. The molecule has 12 heteroatoms. The molecule has 0 radical (unpaired) electrons. The van der Waals surface area contributed by atoms with E-state index in [9.17, 15) is 26.4 Å². The maximum Gasteiger partial charge on any atom is 0.573 e. The Morgan fingerprint density at radius 1 is 1.15 bits per heavy atom. The highest BCUT2D eigenvalue weighted by Crippen LogP contribution is 2.26. The monoisotopic (exact) mass is 485 g/mol. The van der Waals surface area contributed by atoms with Gasteiger partial charge in [0.1, 0.15) is 5.75 Å². The number of benzene rings is 2. The Bertz CT molecular complexity index is 1120. The molecule has 0 bridgehead atoms. The van der Waals surface area contributed by atoms with Gasteiger partial charge in [-0.25, -0.2) is 8.42 Å². The topological polar surface area (TPSA) is 97.0 Å². The van der Waals surface area contributed by atoms with Crippen molar-refractivity contribution in [2.75, 3.05) is 20.1 Å². The molecule has 2 aromatic rings. The summed E-state index contributed by atoms with van der Waals surface area (Å²) in [6.45, 7) is 0.426. The summed E-state index contributed by atoms with van der Waals surface area (Å²) in [7, 11) is -2.33. The Labute approximate surface area is 189 Å². The van der Waals surface area contributed by atoms with Crippen LogP contribution in [0.2, 0.25) is 0 Å². The van der Waals surface area contributed by atoms with Crippen molar-refractivity contribution < 1.29 is 36.0 Å². The number of nitrogens with one attached hydrogen (secondary N) is 2. The van der Waals surface area contributed by atoms with Gasteiger partial charge >= 0.3 is 6.36 Å². The Balaban J connectivity index is 1.54. The number of carbonyl (C=O) groups is 1. The Morgan fingerprint density at radius 3 is 2.48 bits per heavy atom. The molecule has 178 valence electrons. The van der Waals surface area contributed by atoms with E-state index in [0.717, 1.165) is 29.8 Å². The fourth-order valence-electron chi connectivity index (χ4n) is 3.08. The average Bonchev–Trinajstić information content (AvgIpc) is 2.78. The molecule has 2 N–H and O–H groups in total. The number of rotatable bonds is 8. The van der Waals surface area contributed by atoms with Crippen LogP contribution in [0.3, 0.4) is 0 Å². The lowest BCUT2D eigenvalue weighted by Gasteiger charge is -2.26. The molecule has 0 saturated heterocycles. The molecule has 0 aliphatic carbocycles. The summed E-state index contributed by atoms with van der Waals surface area (Å²) in [4.78, 5) is 17.0. The number of halogens is 3. The number of hydrogen-bond acceptors (Lipinski definition) is 6. The van der Waals surface area contributed by atoms with Gasteiger partial charge in [-0.05, 0) is 48.0 Å². The van der Waals surface area contributed by atoms with Crippen LogP contribution in [0.5, 0.6) is 5.75 Å². The highest BCUT2D eigenvalue weighted by Gasteiger charge is 2.31. The van der Waals surface area contributed by atoms with Gasteiger partial charge in [-0.2, -0.15) is 4.31 Å². The number of alkyl halides is 3. The van der Waals surface area contributed by atoms with Crippen molar-refractivity contribution in [1.82, 2.24) is 15.1 Å². The van der Waals surface area contributed by atoms with Crippen LogP contribution < -0.4 is 15.5 Å². The van der Waals surface area contributed by atoms with Crippen LogP contribution in [0.4, 0.5) is 13.2 Å². The van der Waals surface area contributed by atoms with Crippen molar-refractivity contribution in [3.63, 3.8) is 0 Å². The van der Waals surface area contributed by atoms with Gasteiger partial charge in [-0.3, -0.25) is 15.1 Å². The van der Waals surface area contributed by atoms with Crippen LogP contribution in [-0.2, 0) is 21.5 Å². The Kier molecular flexibility index (Phi) is 7.61. The van der Waals surface area contributed by atoms with Gasteiger partial charge in [0.25, 0.3) is 5.91 Å². The lowest BCUT2D eigenvalue weighted by atomic mass is 10.1. The summed E-state index contributed by atoms with van der Waals surface area (Å²) in [5.41, 5.74) is 4.77. The van der Waals surface area contributed by atoms with Crippen LogP contribution >= 0.6 is 0 Å². The van der Waals surface area contributed by atoms with E-state index in [1.54, 1.807) is 31.3 Å². The molecule has 0 fully saturated rings. The van der Waals surface area contributed by atoms with Crippen LogP contribution in [0.1, 0.15) is 22.3 Å². The minimum absolute atomic E-state index is 0.0704. The number of sulfonamides is 1. The molecule has 1 heterocycles. The van der Waals surface area contributed by atoms with Crippen molar-refractivity contribution in [1.29, 1.82) is 0 Å². The molecule has 0 aromatic heterocycles. The number of ether oxygens (including phenoxy) is 1. The molecule has 1 aliphatic heterocycles. The lowest BCUT2D eigenvalue weighted by Crippen LogP contribution is -2.36.